The molecular weight excluding hydrogens is 643 g/mol. The fourth-order valence-corrected chi connectivity index (χ4v) is 7.77. The van der Waals surface area contributed by atoms with Crippen molar-refractivity contribution in [2.75, 3.05) is 0 Å². The van der Waals surface area contributed by atoms with Gasteiger partial charge >= 0.3 is 0 Å². The highest BCUT2D eigenvalue weighted by Gasteiger charge is 2.21. The van der Waals surface area contributed by atoms with Crippen LogP contribution in [0.2, 0.25) is 0 Å². The first-order valence-corrected chi connectivity index (χ1v) is 18.0. The zero-order chi connectivity index (χ0) is 35.3. The van der Waals surface area contributed by atoms with Gasteiger partial charge in [0.05, 0.1) is 11.4 Å². The van der Waals surface area contributed by atoms with Crippen molar-refractivity contribution in [3.63, 3.8) is 0 Å². The largest absolute Gasteiger partial charge is 0.455 e. The van der Waals surface area contributed by atoms with E-state index in [1.54, 1.807) is 0 Å². The van der Waals surface area contributed by atoms with E-state index < -0.39 is 0 Å². The lowest BCUT2D eigenvalue weighted by Crippen LogP contribution is -2.01. The second-order valence-corrected chi connectivity index (χ2v) is 13.6. The summed E-state index contributed by atoms with van der Waals surface area (Å²) in [5, 5.41) is 7.03. The fourth-order valence-electron chi connectivity index (χ4n) is 7.77. The van der Waals surface area contributed by atoms with E-state index in [1.807, 2.05) is 24.3 Å². The average molecular weight is 676 g/mol. The number of furan rings is 1. The van der Waals surface area contributed by atoms with E-state index in [-0.39, 0.29) is 0 Å². The number of para-hydroxylation sites is 1. The molecule has 0 fully saturated rings. The summed E-state index contributed by atoms with van der Waals surface area (Å²) >= 11 is 0. The molecule has 248 valence electrons. The predicted octanol–water partition coefficient (Wildman–Crippen LogP) is 13.7. The number of rotatable bonds is 5. The van der Waals surface area contributed by atoms with E-state index in [1.165, 1.54) is 38.2 Å². The number of hydrogen-bond donors (Lipinski definition) is 0. The Hall–Kier alpha value is -7.03. The zero-order valence-electron chi connectivity index (χ0n) is 29.0. The summed E-state index contributed by atoms with van der Waals surface area (Å²) in [5.41, 5.74) is 12.9. The lowest BCUT2D eigenvalue weighted by Gasteiger charge is -2.14. The molecule has 0 saturated carbocycles. The molecule has 1 aromatic heterocycles. The van der Waals surface area contributed by atoms with E-state index >= 15 is 0 Å². The van der Waals surface area contributed by atoms with Crippen LogP contribution in [0.25, 0.3) is 77.0 Å². The molecule has 2 nitrogen and oxygen atoms in total. The molecular formula is C51H33NO. The number of fused-ring (bicyclic) bond motifs is 6. The monoisotopic (exact) mass is 675 g/mol. The SMILES string of the molecule is C=C1C=C(c2ccccc2)N=C(c2cc(-c3cc4ccccc4c4ccccc34)cc3c2oc2ccccc23)C=C1c1ccc(-c2ccccc2)cc1. The van der Waals surface area contributed by atoms with Crippen LogP contribution in [0.3, 0.4) is 0 Å². The Bertz CT molecular complexity index is 2980. The Morgan fingerprint density at radius 2 is 1.02 bits per heavy atom. The van der Waals surface area contributed by atoms with Gasteiger partial charge in [0, 0.05) is 21.9 Å². The first-order valence-electron chi connectivity index (χ1n) is 18.0. The standard InChI is InChI=1S/C51H33NO/c1-33-28-48(37-16-6-3-7-17-37)52-49(32-44(33)36-26-24-35(25-27-36)34-14-4-2-5-15-34)47-31-39(30-46-43-22-12-13-23-50(43)53-51(46)47)45-29-38-18-8-9-19-40(38)41-20-10-11-21-42(41)45/h2-32H,1H2. The van der Waals surface area contributed by atoms with Gasteiger partial charge in [-0.1, -0.05) is 158 Å². The van der Waals surface area contributed by atoms with E-state index in [0.29, 0.717) is 0 Å². The van der Waals surface area contributed by atoms with Crippen LogP contribution in [0.15, 0.2) is 210 Å². The van der Waals surface area contributed by atoms with Gasteiger partial charge in [-0.3, -0.25) is 0 Å². The average Bonchev–Trinajstić information content (AvgIpc) is 3.51. The zero-order valence-corrected chi connectivity index (χ0v) is 29.0. The van der Waals surface area contributed by atoms with Crippen LogP contribution in [0.4, 0.5) is 0 Å². The Labute approximate surface area is 308 Å². The van der Waals surface area contributed by atoms with Crippen LogP contribution in [-0.4, -0.2) is 5.71 Å². The molecule has 0 saturated heterocycles. The molecule has 1 aliphatic rings. The molecule has 9 aromatic rings. The maximum Gasteiger partial charge on any atom is 0.144 e. The van der Waals surface area contributed by atoms with E-state index in [4.69, 9.17) is 9.41 Å². The van der Waals surface area contributed by atoms with Crippen LogP contribution < -0.4 is 0 Å². The summed E-state index contributed by atoms with van der Waals surface area (Å²) in [6, 6.07) is 62.1. The smallest absolute Gasteiger partial charge is 0.144 e. The first-order chi connectivity index (χ1) is 26.2. The van der Waals surface area contributed by atoms with Crippen LogP contribution in [0, 0.1) is 0 Å². The van der Waals surface area contributed by atoms with Gasteiger partial charge in [-0.05, 0) is 96.9 Å². The predicted molar refractivity (Wildman–Crippen MR) is 224 cm³/mol. The molecule has 0 bridgehead atoms. The van der Waals surface area contributed by atoms with Crippen molar-refractivity contribution in [3.05, 3.63) is 217 Å². The quantitative estimate of drug-likeness (QED) is 0.167. The molecule has 0 N–H and O–H groups in total. The number of nitrogens with zero attached hydrogens (tertiary/aromatic N) is 1. The summed E-state index contributed by atoms with van der Waals surface area (Å²) < 4.78 is 6.75. The van der Waals surface area contributed by atoms with E-state index in [2.05, 4.69) is 170 Å². The van der Waals surface area contributed by atoms with Crippen molar-refractivity contribution in [1.29, 1.82) is 0 Å². The molecule has 8 aromatic carbocycles. The third-order valence-corrected chi connectivity index (χ3v) is 10.4. The summed E-state index contributed by atoms with van der Waals surface area (Å²) in [5.74, 6) is 0. The Morgan fingerprint density at radius 1 is 0.415 bits per heavy atom. The highest BCUT2D eigenvalue weighted by atomic mass is 16.3. The minimum absolute atomic E-state index is 0.814. The first kappa shape index (κ1) is 30.8. The molecule has 0 aliphatic carbocycles. The molecule has 0 atom stereocenters. The van der Waals surface area contributed by atoms with Crippen molar-refractivity contribution in [3.8, 4) is 22.3 Å². The van der Waals surface area contributed by atoms with Gasteiger partial charge in [0.25, 0.3) is 0 Å². The summed E-state index contributed by atoms with van der Waals surface area (Å²) in [6.45, 7) is 4.60. The number of allylic oxidation sites excluding steroid dienone is 4. The van der Waals surface area contributed by atoms with Gasteiger partial charge in [0.2, 0.25) is 0 Å². The van der Waals surface area contributed by atoms with Gasteiger partial charge in [-0.15, -0.1) is 0 Å². The fraction of sp³-hybridized carbons (Fsp3) is 0. The Kier molecular flexibility index (Phi) is 7.33. The van der Waals surface area contributed by atoms with Gasteiger partial charge in [-0.25, -0.2) is 4.99 Å². The van der Waals surface area contributed by atoms with Crippen LogP contribution in [0.5, 0.6) is 0 Å². The molecule has 0 radical (unpaired) electrons. The third-order valence-electron chi connectivity index (χ3n) is 10.4. The number of hydrogen-bond acceptors (Lipinski definition) is 2. The van der Waals surface area contributed by atoms with Crippen molar-refractivity contribution < 1.29 is 4.42 Å². The van der Waals surface area contributed by atoms with Crippen LogP contribution in [0.1, 0.15) is 16.7 Å². The summed E-state index contributed by atoms with van der Waals surface area (Å²) in [7, 11) is 0. The lowest BCUT2D eigenvalue weighted by atomic mass is 9.90. The molecule has 0 unspecified atom stereocenters. The molecule has 0 amide bonds. The van der Waals surface area contributed by atoms with E-state index in [9.17, 15) is 0 Å². The molecule has 2 heterocycles. The van der Waals surface area contributed by atoms with Gasteiger partial charge in [0.1, 0.15) is 11.2 Å². The second kappa shape index (κ2) is 12.6. The van der Waals surface area contributed by atoms with Crippen molar-refractivity contribution in [1.82, 2.24) is 0 Å². The normalized spacial score (nSPS) is 13.3. The van der Waals surface area contributed by atoms with Crippen molar-refractivity contribution in [2.24, 2.45) is 4.99 Å². The summed E-state index contributed by atoms with van der Waals surface area (Å²) in [4.78, 5) is 5.46. The van der Waals surface area contributed by atoms with Gasteiger partial charge < -0.3 is 4.42 Å². The summed E-state index contributed by atoms with van der Waals surface area (Å²) in [6.07, 6.45) is 4.30. The third kappa shape index (κ3) is 5.40. The van der Waals surface area contributed by atoms with Gasteiger partial charge in [0.15, 0.2) is 0 Å². The number of aliphatic imine (C=N–C) groups is 1. The molecule has 0 spiro atoms. The minimum atomic E-state index is 0.814. The topological polar surface area (TPSA) is 25.5 Å². The maximum atomic E-state index is 6.75. The lowest BCUT2D eigenvalue weighted by molar-refractivity contribution is 0.668. The van der Waals surface area contributed by atoms with E-state index in [0.717, 1.165) is 66.7 Å². The Balaban J connectivity index is 1.24. The highest BCUT2D eigenvalue weighted by molar-refractivity contribution is 6.25. The van der Waals surface area contributed by atoms with Crippen LogP contribution >= 0.6 is 0 Å². The second-order valence-electron chi connectivity index (χ2n) is 13.6. The molecule has 1 aliphatic heterocycles. The minimum Gasteiger partial charge on any atom is -0.455 e. The number of benzene rings is 8. The molecule has 2 heteroatoms. The van der Waals surface area contributed by atoms with Crippen molar-refractivity contribution >= 4 is 60.5 Å². The Morgan fingerprint density at radius 3 is 1.79 bits per heavy atom. The maximum absolute atomic E-state index is 6.75. The van der Waals surface area contributed by atoms with Gasteiger partial charge in [-0.2, -0.15) is 0 Å². The van der Waals surface area contributed by atoms with Crippen molar-refractivity contribution in [2.45, 2.75) is 0 Å². The highest BCUT2D eigenvalue weighted by Crippen LogP contribution is 2.41. The molecule has 10 rings (SSSR count). The van der Waals surface area contributed by atoms with Crippen LogP contribution in [-0.2, 0) is 0 Å². The molecule has 53 heavy (non-hydrogen) atoms.